The summed E-state index contributed by atoms with van der Waals surface area (Å²) in [6.45, 7) is 4.01. The first kappa shape index (κ1) is 10.8. The van der Waals surface area contributed by atoms with Crippen LogP contribution in [0.2, 0.25) is 0 Å². The van der Waals surface area contributed by atoms with Crippen LogP contribution in [0, 0.1) is 5.92 Å². The van der Waals surface area contributed by atoms with E-state index in [9.17, 15) is 8.78 Å². The number of halogens is 2. The van der Waals surface area contributed by atoms with Gasteiger partial charge in [-0.25, -0.2) is 8.78 Å². The largest absolute Gasteiger partial charge is 0.312 e. The van der Waals surface area contributed by atoms with Crippen LogP contribution >= 0.6 is 0 Å². The quantitative estimate of drug-likeness (QED) is 0.659. The first-order valence-electron chi connectivity index (χ1n) is 4.07. The van der Waals surface area contributed by atoms with E-state index < -0.39 is 12.5 Å². The molecule has 2 atom stereocenters. The molecule has 0 aromatic carbocycles. The van der Waals surface area contributed by atoms with Gasteiger partial charge in [0.15, 0.2) is 0 Å². The number of nitrogens with one attached hydrogen (secondary N) is 1. The van der Waals surface area contributed by atoms with E-state index in [1.807, 2.05) is 13.8 Å². The molecule has 0 radical (unpaired) electrons. The van der Waals surface area contributed by atoms with Gasteiger partial charge in [0.2, 0.25) is 0 Å². The summed E-state index contributed by atoms with van der Waals surface area (Å²) in [7, 11) is 1.58. The van der Waals surface area contributed by atoms with Gasteiger partial charge in [-0.05, 0) is 19.4 Å². The van der Waals surface area contributed by atoms with Crippen molar-refractivity contribution in [1.29, 1.82) is 0 Å². The summed E-state index contributed by atoms with van der Waals surface area (Å²) in [5.41, 5.74) is 0. The van der Waals surface area contributed by atoms with Gasteiger partial charge < -0.3 is 5.32 Å². The van der Waals surface area contributed by atoms with Crippen molar-refractivity contribution in [3.05, 3.63) is 0 Å². The second-order valence-electron chi connectivity index (χ2n) is 2.98. The van der Waals surface area contributed by atoms with Gasteiger partial charge in [0, 0.05) is 0 Å². The zero-order chi connectivity index (χ0) is 8.85. The Hall–Kier alpha value is -0.180. The Bertz CT molecular complexity index is 96.1. The Balaban J connectivity index is 3.68. The monoisotopic (exact) mass is 165 g/mol. The number of hydrogen-bond acceptors (Lipinski definition) is 1. The molecule has 11 heavy (non-hydrogen) atoms. The van der Waals surface area contributed by atoms with E-state index in [2.05, 4.69) is 5.32 Å². The van der Waals surface area contributed by atoms with Crippen molar-refractivity contribution in [3.8, 4) is 0 Å². The lowest BCUT2D eigenvalue weighted by molar-refractivity contribution is 0.0903. The molecule has 0 rings (SSSR count). The van der Waals surface area contributed by atoms with E-state index in [4.69, 9.17) is 0 Å². The molecule has 0 heterocycles. The first-order valence-corrected chi connectivity index (χ1v) is 4.07. The molecule has 0 amide bonds. The fourth-order valence-corrected chi connectivity index (χ4v) is 0.947. The maximum absolute atomic E-state index is 12.1. The molecule has 3 heteroatoms. The Kier molecular flexibility index (Phi) is 5.38. The number of hydrogen-bond donors (Lipinski definition) is 1. The Morgan fingerprint density at radius 2 is 1.91 bits per heavy atom. The van der Waals surface area contributed by atoms with Crippen LogP contribution in [0.1, 0.15) is 26.7 Å². The lowest BCUT2D eigenvalue weighted by Gasteiger charge is -2.18. The fraction of sp³-hybridized carbons (Fsp3) is 1.00. The molecule has 0 saturated carbocycles. The highest BCUT2D eigenvalue weighted by molar-refractivity contribution is 4.69. The summed E-state index contributed by atoms with van der Waals surface area (Å²) < 4.78 is 24.3. The Labute approximate surface area is 67.2 Å². The van der Waals surface area contributed by atoms with Crippen molar-refractivity contribution in [2.75, 3.05) is 7.05 Å². The second kappa shape index (κ2) is 5.47. The van der Waals surface area contributed by atoms with Gasteiger partial charge in [-0.1, -0.05) is 20.3 Å². The van der Waals surface area contributed by atoms with Crippen LogP contribution in [0.5, 0.6) is 0 Å². The van der Waals surface area contributed by atoms with Crippen LogP contribution in [0.25, 0.3) is 0 Å². The minimum absolute atomic E-state index is 0.376. The predicted octanol–water partition coefficient (Wildman–Crippen LogP) is 2.28. The zero-order valence-electron chi connectivity index (χ0n) is 7.40. The molecule has 0 bridgehead atoms. The second-order valence-corrected chi connectivity index (χ2v) is 2.98. The highest BCUT2D eigenvalue weighted by Crippen LogP contribution is 2.14. The minimum Gasteiger partial charge on any atom is -0.312 e. The van der Waals surface area contributed by atoms with Crippen molar-refractivity contribution in [3.63, 3.8) is 0 Å². The van der Waals surface area contributed by atoms with Crippen LogP contribution in [0.4, 0.5) is 8.78 Å². The highest BCUT2D eigenvalue weighted by atomic mass is 19.3. The molecule has 68 valence electrons. The lowest BCUT2D eigenvalue weighted by atomic mass is 10.00. The predicted molar refractivity (Wildman–Crippen MR) is 42.9 cm³/mol. The fourth-order valence-electron chi connectivity index (χ4n) is 0.947. The molecular weight excluding hydrogens is 148 g/mol. The summed E-state index contributed by atoms with van der Waals surface area (Å²) in [5.74, 6) is 0.376. The lowest BCUT2D eigenvalue weighted by Crippen LogP contribution is -2.34. The normalized spacial score (nSPS) is 16.9. The third kappa shape index (κ3) is 4.30. The van der Waals surface area contributed by atoms with E-state index in [0.29, 0.717) is 12.3 Å². The first-order chi connectivity index (χ1) is 5.11. The van der Waals surface area contributed by atoms with Crippen LogP contribution in [-0.4, -0.2) is 19.5 Å². The van der Waals surface area contributed by atoms with Crippen molar-refractivity contribution in [2.45, 2.75) is 39.2 Å². The van der Waals surface area contributed by atoms with Crippen LogP contribution in [0.3, 0.4) is 0 Å². The van der Waals surface area contributed by atoms with E-state index in [1.165, 1.54) is 0 Å². The van der Waals surface area contributed by atoms with E-state index in [0.717, 1.165) is 6.42 Å². The third-order valence-corrected chi connectivity index (χ3v) is 2.03. The molecule has 0 aromatic rings. The molecule has 0 spiro atoms. The SMILES string of the molecule is CCC(C)CC(NC)C(F)F. The maximum Gasteiger partial charge on any atom is 0.253 e. The topological polar surface area (TPSA) is 12.0 Å². The van der Waals surface area contributed by atoms with Crippen molar-refractivity contribution in [2.24, 2.45) is 5.92 Å². The third-order valence-electron chi connectivity index (χ3n) is 2.03. The average molecular weight is 165 g/mol. The van der Waals surface area contributed by atoms with Gasteiger partial charge in [0.1, 0.15) is 0 Å². The molecule has 0 aromatic heterocycles. The van der Waals surface area contributed by atoms with Gasteiger partial charge >= 0.3 is 0 Å². The standard InChI is InChI=1S/C8H17F2N/c1-4-6(2)5-7(11-3)8(9)10/h6-8,11H,4-5H2,1-3H3. The molecule has 2 unspecified atom stereocenters. The smallest absolute Gasteiger partial charge is 0.253 e. The van der Waals surface area contributed by atoms with E-state index in [1.54, 1.807) is 7.05 Å². The van der Waals surface area contributed by atoms with E-state index in [-0.39, 0.29) is 0 Å². The van der Waals surface area contributed by atoms with Gasteiger partial charge in [0.05, 0.1) is 6.04 Å². The Morgan fingerprint density at radius 3 is 2.18 bits per heavy atom. The average Bonchev–Trinajstić information content (AvgIpc) is 1.99. The molecule has 0 fully saturated rings. The van der Waals surface area contributed by atoms with Crippen LogP contribution in [-0.2, 0) is 0 Å². The van der Waals surface area contributed by atoms with Crippen molar-refractivity contribution in [1.82, 2.24) is 5.32 Å². The van der Waals surface area contributed by atoms with Gasteiger partial charge in [0.25, 0.3) is 6.43 Å². The molecule has 0 aliphatic heterocycles. The van der Waals surface area contributed by atoms with Crippen LogP contribution in [0.15, 0.2) is 0 Å². The van der Waals surface area contributed by atoms with Gasteiger partial charge in [-0.15, -0.1) is 0 Å². The highest BCUT2D eigenvalue weighted by Gasteiger charge is 2.19. The molecule has 1 N–H and O–H groups in total. The summed E-state index contributed by atoms with van der Waals surface area (Å²) in [5, 5.41) is 2.62. The zero-order valence-corrected chi connectivity index (χ0v) is 7.40. The maximum atomic E-state index is 12.1. The Morgan fingerprint density at radius 1 is 1.36 bits per heavy atom. The molecule has 0 saturated heterocycles. The van der Waals surface area contributed by atoms with Crippen molar-refractivity contribution >= 4 is 0 Å². The van der Waals surface area contributed by atoms with Gasteiger partial charge in [-0.2, -0.15) is 0 Å². The number of rotatable bonds is 5. The van der Waals surface area contributed by atoms with E-state index >= 15 is 0 Å². The molecular formula is C8H17F2N. The molecule has 1 nitrogen and oxygen atoms in total. The molecule has 0 aliphatic rings. The summed E-state index contributed by atoms with van der Waals surface area (Å²) in [4.78, 5) is 0. The van der Waals surface area contributed by atoms with Gasteiger partial charge in [-0.3, -0.25) is 0 Å². The van der Waals surface area contributed by atoms with Crippen LogP contribution < -0.4 is 5.32 Å². The summed E-state index contributed by atoms with van der Waals surface area (Å²) in [6, 6.07) is -0.634. The minimum atomic E-state index is -2.24. The summed E-state index contributed by atoms with van der Waals surface area (Å²) >= 11 is 0. The summed E-state index contributed by atoms with van der Waals surface area (Å²) in [6.07, 6.45) is -0.718. The number of alkyl halides is 2. The van der Waals surface area contributed by atoms with Crippen molar-refractivity contribution < 1.29 is 8.78 Å². The molecule has 0 aliphatic carbocycles.